The van der Waals surface area contributed by atoms with Gasteiger partial charge >= 0.3 is 5.97 Å². The minimum Gasteiger partial charge on any atom is -0.493 e. The summed E-state index contributed by atoms with van der Waals surface area (Å²) < 4.78 is 11.6. The molecule has 1 heterocycles. The van der Waals surface area contributed by atoms with Crippen LogP contribution in [-0.2, 0) is 14.4 Å². The Morgan fingerprint density at radius 1 is 1.03 bits per heavy atom. The van der Waals surface area contributed by atoms with E-state index in [1.165, 1.54) is 7.11 Å². The number of rotatable bonds is 7. The van der Waals surface area contributed by atoms with Crippen LogP contribution >= 0.6 is 0 Å². The molecule has 1 aliphatic carbocycles. The first-order valence-corrected chi connectivity index (χ1v) is 11.6. The van der Waals surface area contributed by atoms with Crippen LogP contribution in [0.1, 0.15) is 76.9 Å². The summed E-state index contributed by atoms with van der Waals surface area (Å²) in [5.41, 5.74) is 3.99. The van der Waals surface area contributed by atoms with Crippen LogP contribution in [-0.4, -0.2) is 41.8 Å². The number of ether oxygens (including phenoxy) is 2. The Morgan fingerprint density at radius 3 is 2.43 bits per heavy atom. The normalized spacial score (nSPS) is 16.1. The summed E-state index contributed by atoms with van der Waals surface area (Å²) in [6, 6.07) is 9.16. The van der Waals surface area contributed by atoms with Crippen LogP contribution in [0.25, 0.3) is 0 Å². The molecule has 2 aliphatic rings. The third-order valence-electron chi connectivity index (χ3n) is 6.24. The molecular formula is C26H28N2O7. The van der Waals surface area contributed by atoms with E-state index in [4.69, 9.17) is 9.47 Å². The van der Waals surface area contributed by atoms with E-state index in [9.17, 15) is 19.2 Å². The van der Waals surface area contributed by atoms with Crippen LogP contribution < -0.4 is 15.0 Å². The van der Waals surface area contributed by atoms with Crippen LogP contribution in [0, 0.1) is 6.92 Å². The number of imide groups is 1. The van der Waals surface area contributed by atoms with Crippen LogP contribution in [0.15, 0.2) is 36.4 Å². The van der Waals surface area contributed by atoms with Crippen molar-refractivity contribution in [3.8, 4) is 11.5 Å². The largest absolute Gasteiger partial charge is 0.493 e. The number of hydrogen-bond donors (Lipinski definition) is 1. The Bertz CT molecular complexity index is 1170. The molecule has 0 saturated heterocycles. The van der Waals surface area contributed by atoms with Crippen molar-refractivity contribution in [1.29, 1.82) is 0 Å². The first kappa shape index (κ1) is 24.3. The van der Waals surface area contributed by atoms with Gasteiger partial charge in [0, 0.05) is 6.92 Å². The molecule has 9 nitrogen and oxygen atoms in total. The number of aryl methyl sites for hydroxylation is 1. The molecule has 3 amide bonds. The van der Waals surface area contributed by atoms with Crippen molar-refractivity contribution < 1.29 is 33.5 Å². The van der Waals surface area contributed by atoms with Gasteiger partial charge in [-0.05, 0) is 62.4 Å². The Balaban J connectivity index is 1.71. The summed E-state index contributed by atoms with van der Waals surface area (Å²) in [5, 5.41) is 0. The molecular weight excluding hydrogens is 452 g/mol. The van der Waals surface area contributed by atoms with Gasteiger partial charge < -0.3 is 14.3 Å². The summed E-state index contributed by atoms with van der Waals surface area (Å²) in [4.78, 5) is 56.1. The molecule has 4 rings (SSSR count). The van der Waals surface area contributed by atoms with Crippen molar-refractivity contribution in [3.63, 3.8) is 0 Å². The third kappa shape index (κ3) is 5.13. The van der Waals surface area contributed by atoms with Crippen molar-refractivity contribution in [1.82, 2.24) is 10.4 Å². The van der Waals surface area contributed by atoms with Gasteiger partial charge in [0.25, 0.3) is 17.7 Å². The lowest BCUT2D eigenvalue weighted by Crippen LogP contribution is -2.38. The number of nitrogens with one attached hydrogen (secondary N) is 1. The van der Waals surface area contributed by atoms with E-state index in [-0.39, 0.29) is 23.7 Å². The molecule has 35 heavy (non-hydrogen) atoms. The second kappa shape index (κ2) is 10.2. The van der Waals surface area contributed by atoms with Crippen LogP contribution in [0.2, 0.25) is 0 Å². The third-order valence-corrected chi connectivity index (χ3v) is 6.24. The zero-order chi connectivity index (χ0) is 25.1. The van der Waals surface area contributed by atoms with Gasteiger partial charge in [-0.1, -0.05) is 17.7 Å². The van der Waals surface area contributed by atoms with Crippen molar-refractivity contribution in [2.24, 2.45) is 0 Å². The van der Waals surface area contributed by atoms with Crippen LogP contribution in [0.4, 0.5) is 0 Å². The Kier molecular flexibility index (Phi) is 7.04. The maximum absolute atomic E-state index is 13.3. The Hall–Kier alpha value is -3.88. The number of benzene rings is 2. The van der Waals surface area contributed by atoms with Crippen molar-refractivity contribution in [2.75, 3.05) is 7.11 Å². The van der Waals surface area contributed by atoms with Gasteiger partial charge in [-0.3, -0.25) is 24.1 Å². The second-order valence-corrected chi connectivity index (χ2v) is 8.80. The average Bonchev–Trinajstić information content (AvgIpc) is 3.42. The number of carbonyl (C=O) groups excluding carboxylic acids is 4. The van der Waals surface area contributed by atoms with Gasteiger partial charge in [0.05, 0.1) is 36.8 Å². The van der Waals surface area contributed by atoms with Gasteiger partial charge in [0.1, 0.15) is 0 Å². The summed E-state index contributed by atoms with van der Waals surface area (Å²) in [6.45, 7) is 2.99. The molecule has 2 aromatic rings. The lowest BCUT2D eigenvalue weighted by molar-refractivity contribution is -0.156. The molecule has 1 saturated carbocycles. The molecule has 1 atom stereocenters. The summed E-state index contributed by atoms with van der Waals surface area (Å²) in [6.07, 6.45) is 3.76. The van der Waals surface area contributed by atoms with E-state index in [1.807, 2.05) is 6.92 Å². The zero-order valence-corrected chi connectivity index (χ0v) is 20.0. The van der Waals surface area contributed by atoms with E-state index in [1.54, 1.807) is 36.4 Å². The first-order chi connectivity index (χ1) is 16.8. The number of hydrogen-bond acceptors (Lipinski definition) is 7. The number of carbonyl (C=O) groups is 4. The molecule has 2 aromatic carbocycles. The zero-order valence-electron chi connectivity index (χ0n) is 20.0. The predicted molar refractivity (Wildman–Crippen MR) is 125 cm³/mol. The van der Waals surface area contributed by atoms with Crippen LogP contribution in [0.3, 0.4) is 0 Å². The van der Waals surface area contributed by atoms with E-state index < -0.39 is 29.7 Å². The lowest BCUT2D eigenvalue weighted by atomic mass is 10.0. The van der Waals surface area contributed by atoms with Gasteiger partial charge in [-0.2, -0.15) is 5.48 Å². The predicted octanol–water partition coefficient (Wildman–Crippen LogP) is 3.65. The first-order valence-electron chi connectivity index (χ1n) is 11.6. The highest BCUT2D eigenvalue weighted by molar-refractivity contribution is 6.21. The van der Waals surface area contributed by atoms with Crippen molar-refractivity contribution in [2.45, 2.75) is 58.1 Å². The number of fused-ring (bicyclic) bond motifs is 1. The molecule has 0 unspecified atom stereocenters. The minimum atomic E-state index is -0.963. The molecule has 1 fully saturated rings. The molecule has 9 heteroatoms. The maximum atomic E-state index is 13.3. The lowest BCUT2D eigenvalue weighted by Gasteiger charge is -2.27. The highest BCUT2D eigenvalue weighted by Gasteiger charge is 2.41. The van der Waals surface area contributed by atoms with Gasteiger partial charge in [0.2, 0.25) is 0 Å². The highest BCUT2D eigenvalue weighted by atomic mass is 16.7. The summed E-state index contributed by atoms with van der Waals surface area (Å²) in [5.74, 6) is -1.34. The Morgan fingerprint density at radius 2 is 1.74 bits per heavy atom. The molecule has 184 valence electrons. The van der Waals surface area contributed by atoms with E-state index in [0.29, 0.717) is 17.1 Å². The van der Waals surface area contributed by atoms with E-state index in [0.717, 1.165) is 43.1 Å². The average molecular weight is 481 g/mol. The molecule has 1 aliphatic heterocycles. The number of hydroxylamine groups is 1. The monoisotopic (exact) mass is 480 g/mol. The molecule has 1 N–H and O–H groups in total. The van der Waals surface area contributed by atoms with Crippen LogP contribution in [0.5, 0.6) is 11.5 Å². The fourth-order valence-corrected chi connectivity index (χ4v) is 4.54. The number of methoxy groups -OCH3 is 1. The van der Waals surface area contributed by atoms with Gasteiger partial charge in [0.15, 0.2) is 11.5 Å². The van der Waals surface area contributed by atoms with Crippen molar-refractivity contribution >= 4 is 23.7 Å². The minimum absolute atomic E-state index is 0.0483. The summed E-state index contributed by atoms with van der Waals surface area (Å²) in [7, 11) is 1.53. The fourth-order valence-electron chi connectivity index (χ4n) is 4.54. The Labute approximate surface area is 203 Å². The smallest absolute Gasteiger partial charge is 0.329 e. The second-order valence-electron chi connectivity index (χ2n) is 8.80. The standard InChI is InChI=1S/C26H28N2O7/c1-15-8-10-19-20(12-15)26(32)28(25(19)31)21(14-24(30)27-35-16(2)29)17-9-11-22(33-3)23(13-17)34-18-6-4-5-7-18/h8-13,18,21H,4-7,14H2,1-3H3,(H,27,30)/t21-/m0/s1. The molecule has 0 spiro atoms. The SMILES string of the molecule is COc1ccc([C@H](CC(=O)NOC(C)=O)N2C(=O)c3ccc(C)cc3C2=O)cc1OC1CCCC1. The molecule has 0 bridgehead atoms. The van der Waals surface area contributed by atoms with E-state index in [2.05, 4.69) is 10.3 Å². The quantitative estimate of drug-likeness (QED) is 0.476. The van der Waals surface area contributed by atoms with Gasteiger partial charge in [-0.25, -0.2) is 0 Å². The van der Waals surface area contributed by atoms with Crippen molar-refractivity contribution in [3.05, 3.63) is 58.7 Å². The van der Waals surface area contributed by atoms with Gasteiger partial charge in [-0.15, -0.1) is 0 Å². The topological polar surface area (TPSA) is 111 Å². The molecule has 0 radical (unpaired) electrons. The van der Waals surface area contributed by atoms with E-state index >= 15 is 0 Å². The fraction of sp³-hybridized carbons (Fsp3) is 0.385. The molecule has 0 aromatic heterocycles. The summed E-state index contributed by atoms with van der Waals surface area (Å²) >= 11 is 0. The highest BCUT2D eigenvalue weighted by Crippen LogP contribution is 2.39. The number of amides is 3. The number of nitrogens with zero attached hydrogens (tertiary/aromatic N) is 1. The maximum Gasteiger partial charge on any atom is 0.329 e.